The Kier molecular flexibility index (Phi) is 4.82. The van der Waals surface area contributed by atoms with Crippen molar-refractivity contribution in [3.8, 4) is 0 Å². The first kappa shape index (κ1) is 16.2. The fraction of sp³-hybridized carbons (Fsp3) is 0.588. The zero-order chi connectivity index (χ0) is 16.4. The highest BCUT2D eigenvalue weighted by molar-refractivity contribution is 5.82. The second kappa shape index (κ2) is 6.84. The summed E-state index contributed by atoms with van der Waals surface area (Å²) in [7, 11) is 1.67. The van der Waals surface area contributed by atoms with Gasteiger partial charge in [0.2, 0.25) is 5.91 Å². The lowest BCUT2D eigenvalue weighted by Gasteiger charge is -2.39. The van der Waals surface area contributed by atoms with Crippen LogP contribution in [0.2, 0.25) is 0 Å². The van der Waals surface area contributed by atoms with Crippen LogP contribution in [0.15, 0.2) is 24.3 Å². The SMILES string of the molecule is CNC(=O)[C@@H]1C[C@@H](N)CN1C1CCN(c2ccccc2F)CC1. The van der Waals surface area contributed by atoms with Crippen LogP contribution in [-0.2, 0) is 4.79 Å². The summed E-state index contributed by atoms with van der Waals surface area (Å²) >= 11 is 0. The minimum atomic E-state index is -0.169. The molecule has 0 aromatic heterocycles. The van der Waals surface area contributed by atoms with Crippen LogP contribution in [0.3, 0.4) is 0 Å². The predicted octanol–water partition coefficient (Wildman–Crippen LogP) is 0.942. The van der Waals surface area contributed by atoms with Crippen molar-refractivity contribution in [2.24, 2.45) is 5.73 Å². The van der Waals surface area contributed by atoms with E-state index < -0.39 is 0 Å². The first-order valence-corrected chi connectivity index (χ1v) is 8.32. The van der Waals surface area contributed by atoms with Crippen LogP contribution in [0.1, 0.15) is 19.3 Å². The molecule has 5 nitrogen and oxygen atoms in total. The number of carbonyl (C=O) groups excluding carboxylic acids is 1. The van der Waals surface area contributed by atoms with Crippen molar-refractivity contribution in [1.82, 2.24) is 10.2 Å². The topological polar surface area (TPSA) is 61.6 Å². The Hall–Kier alpha value is -1.66. The number of benzene rings is 1. The Balaban J connectivity index is 1.64. The molecular weight excluding hydrogens is 295 g/mol. The van der Waals surface area contributed by atoms with Gasteiger partial charge in [-0.05, 0) is 31.4 Å². The highest BCUT2D eigenvalue weighted by Gasteiger charge is 2.39. The minimum absolute atomic E-state index is 0.0504. The molecule has 2 atom stereocenters. The molecule has 3 N–H and O–H groups in total. The molecule has 0 saturated carbocycles. The Morgan fingerprint density at radius 1 is 1.30 bits per heavy atom. The number of anilines is 1. The molecule has 0 radical (unpaired) electrons. The summed E-state index contributed by atoms with van der Waals surface area (Å²) in [5.41, 5.74) is 6.74. The molecule has 1 aromatic rings. The van der Waals surface area contributed by atoms with E-state index in [1.807, 2.05) is 12.1 Å². The highest BCUT2D eigenvalue weighted by atomic mass is 19.1. The van der Waals surface area contributed by atoms with Gasteiger partial charge < -0.3 is 16.0 Å². The van der Waals surface area contributed by atoms with Gasteiger partial charge in [0.15, 0.2) is 0 Å². The summed E-state index contributed by atoms with van der Waals surface area (Å²) in [6.45, 7) is 2.37. The third-order valence-electron chi connectivity index (χ3n) is 5.05. The molecule has 0 bridgehead atoms. The van der Waals surface area contributed by atoms with Gasteiger partial charge in [-0.2, -0.15) is 0 Å². The molecule has 2 aliphatic heterocycles. The number of nitrogens with zero attached hydrogens (tertiary/aromatic N) is 2. The zero-order valence-corrected chi connectivity index (χ0v) is 13.5. The normalized spacial score (nSPS) is 26.5. The van der Waals surface area contributed by atoms with Crippen molar-refractivity contribution in [1.29, 1.82) is 0 Å². The number of amides is 1. The molecule has 126 valence electrons. The quantitative estimate of drug-likeness (QED) is 0.870. The van der Waals surface area contributed by atoms with Crippen LogP contribution in [0, 0.1) is 5.82 Å². The largest absolute Gasteiger partial charge is 0.369 e. The lowest BCUT2D eigenvalue weighted by molar-refractivity contribution is -0.125. The lowest BCUT2D eigenvalue weighted by atomic mass is 10.0. The molecule has 0 aliphatic carbocycles. The van der Waals surface area contributed by atoms with Crippen molar-refractivity contribution in [3.05, 3.63) is 30.1 Å². The number of likely N-dealkylation sites (tertiary alicyclic amines) is 1. The molecule has 2 aliphatic rings. The van der Waals surface area contributed by atoms with Gasteiger partial charge in [0.05, 0.1) is 11.7 Å². The van der Waals surface area contributed by atoms with Gasteiger partial charge in [0, 0.05) is 38.8 Å². The predicted molar refractivity (Wildman–Crippen MR) is 88.8 cm³/mol. The van der Waals surface area contributed by atoms with Gasteiger partial charge in [0.25, 0.3) is 0 Å². The maximum Gasteiger partial charge on any atom is 0.237 e. The van der Waals surface area contributed by atoms with Crippen LogP contribution in [0.5, 0.6) is 0 Å². The number of halogens is 1. The molecule has 2 fully saturated rings. The molecule has 0 spiro atoms. The molecule has 3 rings (SSSR count). The third-order valence-corrected chi connectivity index (χ3v) is 5.05. The van der Waals surface area contributed by atoms with E-state index in [1.54, 1.807) is 13.1 Å². The van der Waals surface area contributed by atoms with Crippen LogP contribution in [0.25, 0.3) is 0 Å². The Morgan fingerprint density at radius 2 is 2.00 bits per heavy atom. The number of rotatable bonds is 3. The Morgan fingerprint density at radius 3 is 2.65 bits per heavy atom. The maximum absolute atomic E-state index is 13.9. The lowest BCUT2D eigenvalue weighted by Crippen LogP contribution is -2.51. The van der Waals surface area contributed by atoms with E-state index in [-0.39, 0.29) is 23.8 Å². The van der Waals surface area contributed by atoms with Crippen LogP contribution in [0.4, 0.5) is 10.1 Å². The van der Waals surface area contributed by atoms with Gasteiger partial charge in [-0.3, -0.25) is 9.69 Å². The van der Waals surface area contributed by atoms with E-state index in [1.165, 1.54) is 6.07 Å². The number of likely N-dealkylation sites (N-methyl/N-ethyl adjacent to an activating group) is 1. The van der Waals surface area contributed by atoms with E-state index in [0.29, 0.717) is 18.2 Å². The number of hydrogen-bond acceptors (Lipinski definition) is 4. The van der Waals surface area contributed by atoms with Crippen molar-refractivity contribution < 1.29 is 9.18 Å². The molecule has 23 heavy (non-hydrogen) atoms. The Labute approximate surface area is 136 Å². The van der Waals surface area contributed by atoms with Crippen molar-refractivity contribution in [2.45, 2.75) is 37.4 Å². The number of nitrogens with two attached hydrogens (primary N) is 1. The van der Waals surface area contributed by atoms with E-state index in [2.05, 4.69) is 15.1 Å². The van der Waals surface area contributed by atoms with E-state index >= 15 is 0 Å². The summed E-state index contributed by atoms with van der Waals surface area (Å²) in [6, 6.07) is 7.18. The number of hydrogen-bond donors (Lipinski definition) is 2. The van der Waals surface area contributed by atoms with Crippen LogP contribution >= 0.6 is 0 Å². The fourth-order valence-electron chi connectivity index (χ4n) is 3.87. The van der Waals surface area contributed by atoms with E-state index in [9.17, 15) is 9.18 Å². The molecule has 1 amide bonds. The average molecular weight is 320 g/mol. The minimum Gasteiger partial charge on any atom is -0.369 e. The molecule has 0 unspecified atom stereocenters. The number of para-hydroxylation sites is 1. The summed E-state index contributed by atoms with van der Waals surface area (Å²) in [4.78, 5) is 16.4. The standard InChI is InChI=1S/C17H25FN4O/c1-20-17(23)16-10-12(19)11-22(16)13-6-8-21(9-7-13)15-5-3-2-4-14(15)18/h2-5,12-13,16H,6-11,19H2,1H3,(H,20,23)/t12-,16+/m1/s1. The van der Waals surface area contributed by atoms with Crippen molar-refractivity contribution >= 4 is 11.6 Å². The van der Waals surface area contributed by atoms with Gasteiger partial charge in [-0.1, -0.05) is 12.1 Å². The van der Waals surface area contributed by atoms with Gasteiger partial charge in [-0.15, -0.1) is 0 Å². The first-order chi connectivity index (χ1) is 11.1. The Bertz CT molecular complexity index is 559. The van der Waals surface area contributed by atoms with Gasteiger partial charge in [-0.25, -0.2) is 4.39 Å². The molecule has 2 saturated heterocycles. The molecule has 1 aromatic carbocycles. The number of piperidine rings is 1. The molecular formula is C17H25FN4O. The van der Waals surface area contributed by atoms with E-state index in [0.717, 1.165) is 32.5 Å². The summed E-state index contributed by atoms with van der Waals surface area (Å²) in [6.07, 6.45) is 2.57. The van der Waals surface area contributed by atoms with Crippen LogP contribution in [-0.4, -0.2) is 55.6 Å². The highest BCUT2D eigenvalue weighted by Crippen LogP contribution is 2.28. The average Bonchev–Trinajstić information content (AvgIpc) is 2.97. The summed E-state index contributed by atoms with van der Waals surface area (Å²) in [5.74, 6) is -0.119. The summed E-state index contributed by atoms with van der Waals surface area (Å²) in [5, 5.41) is 2.74. The van der Waals surface area contributed by atoms with Gasteiger partial charge in [0.1, 0.15) is 5.82 Å². The summed E-state index contributed by atoms with van der Waals surface area (Å²) < 4.78 is 13.9. The molecule has 2 heterocycles. The van der Waals surface area contributed by atoms with Gasteiger partial charge >= 0.3 is 0 Å². The third kappa shape index (κ3) is 3.33. The first-order valence-electron chi connectivity index (χ1n) is 8.32. The smallest absolute Gasteiger partial charge is 0.237 e. The second-order valence-corrected chi connectivity index (χ2v) is 6.49. The van der Waals surface area contributed by atoms with Crippen LogP contribution < -0.4 is 16.0 Å². The zero-order valence-electron chi connectivity index (χ0n) is 13.5. The number of nitrogens with one attached hydrogen (secondary N) is 1. The second-order valence-electron chi connectivity index (χ2n) is 6.49. The maximum atomic E-state index is 13.9. The molecule has 6 heteroatoms. The van der Waals surface area contributed by atoms with E-state index in [4.69, 9.17) is 5.73 Å². The fourth-order valence-corrected chi connectivity index (χ4v) is 3.87. The van der Waals surface area contributed by atoms with Crippen molar-refractivity contribution in [2.75, 3.05) is 31.6 Å². The number of carbonyl (C=O) groups is 1. The monoisotopic (exact) mass is 320 g/mol. The van der Waals surface area contributed by atoms with Crippen molar-refractivity contribution in [3.63, 3.8) is 0 Å².